The third kappa shape index (κ3) is 3.16. The lowest BCUT2D eigenvalue weighted by molar-refractivity contribution is 0.537. The van der Waals surface area contributed by atoms with Gasteiger partial charge in [-0.25, -0.2) is 4.39 Å². The number of aryl methyl sites for hydroxylation is 1. The normalized spacial score (nSPS) is 10.8. The highest BCUT2D eigenvalue weighted by atomic mass is 79.9. The van der Waals surface area contributed by atoms with Crippen LogP contribution in [-0.4, -0.2) is 15.0 Å². The van der Waals surface area contributed by atoms with Crippen LogP contribution in [0.15, 0.2) is 28.9 Å². The van der Waals surface area contributed by atoms with Crippen molar-refractivity contribution in [1.29, 1.82) is 0 Å². The van der Waals surface area contributed by atoms with Crippen molar-refractivity contribution in [1.82, 2.24) is 15.0 Å². The smallest absolute Gasteiger partial charge is 0.133 e. The Hall–Kier alpha value is -1.23. The Kier molecular flexibility index (Phi) is 4.47. The molecule has 2 aromatic rings. The molecule has 0 radical (unpaired) electrons. The van der Waals surface area contributed by atoms with Gasteiger partial charge in [0.15, 0.2) is 0 Å². The molecule has 0 aliphatic heterocycles. The number of rotatable bonds is 5. The van der Waals surface area contributed by atoms with E-state index in [2.05, 4.69) is 33.2 Å². The van der Waals surface area contributed by atoms with Crippen LogP contribution in [0.5, 0.6) is 0 Å². The summed E-state index contributed by atoms with van der Waals surface area (Å²) in [6, 6.07) is 4.94. The van der Waals surface area contributed by atoms with Crippen molar-refractivity contribution >= 4 is 15.9 Å². The Morgan fingerprint density at radius 1 is 1.33 bits per heavy atom. The molecule has 5 heteroatoms. The Bertz CT molecular complexity index is 525. The maximum Gasteiger partial charge on any atom is 0.133 e. The number of aromatic nitrogens is 3. The van der Waals surface area contributed by atoms with Gasteiger partial charge < -0.3 is 0 Å². The van der Waals surface area contributed by atoms with Crippen LogP contribution < -0.4 is 0 Å². The van der Waals surface area contributed by atoms with Gasteiger partial charge in [0, 0.05) is 16.6 Å². The third-order valence-corrected chi connectivity index (χ3v) is 3.23. The molecule has 0 aliphatic rings. The van der Waals surface area contributed by atoms with Gasteiger partial charge in [-0.1, -0.05) is 40.9 Å². The van der Waals surface area contributed by atoms with E-state index in [0.717, 1.165) is 17.4 Å². The van der Waals surface area contributed by atoms with E-state index in [9.17, 15) is 4.39 Å². The van der Waals surface area contributed by atoms with Gasteiger partial charge in [-0.3, -0.25) is 4.68 Å². The molecule has 0 aliphatic carbocycles. The zero-order valence-corrected chi connectivity index (χ0v) is 11.8. The second-order valence-electron chi connectivity index (χ2n) is 4.20. The van der Waals surface area contributed by atoms with Crippen molar-refractivity contribution in [3.05, 3.63) is 34.7 Å². The molecular formula is C13H15BrFN3. The number of halogens is 2. The van der Waals surface area contributed by atoms with E-state index < -0.39 is 0 Å². The van der Waals surface area contributed by atoms with E-state index >= 15 is 0 Å². The number of hydrogen-bond acceptors (Lipinski definition) is 2. The van der Waals surface area contributed by atoms with Gasteiger partial charge >= 0.3 is 0 Å². The Morgan fingerprint density at radius 3 is 2.89 bits per heavy atom. The highest BCUT2D eigenvalue weighted by Crippen LogP contribution is 2.23. The number of unbranched alkanes of at least 4 members (excludes halogenated alkanes) is 2. The molecule has 0 bridgehead atoms. The largest absolute Gasteiger partial charge is 0.252 e. The minimum Gasteiger partial charge on any atom is -0.252 e. The average molecular weight is 312 g/mol. The lowest BCUT2D eigenvalue weighted by atomic mass is 10.1. The summed E-state index contributed by atoms with van der Waals surface area (Å²) in [6.07, 6.45) is 5.20. The van der Waals surface area contributed by atoms with Crippen LogP contribution in [0.4, 0.5) is 4.39 Å². The molecule has 1 aromatic carbocycles. The van der Waals surface area contributed by atoms with Crippen LogP contribution in [0.2, 0.25) is 0 Å². The fraction of sp³-hybridized carbons (Fsp3) is 0.385. The highest BCUT2D eigenvalue weighted by molar-refractivity contribution is 9.10. The highest BCUT2D eigenvalue weighted by Gasteiger charge is 2.09. The predicted octanol–water partition coefficient (Wildman–Crippen LogP) is 4.04. The molecule has 0 N–H and O–H groups in total. The zero-order chi connectivity index (χ0) is 13.0. The summed E-state index contributed by atoms with van der Waals surface area (Å²) in [5.41, 5.74) is 1.07. The second-order valence-corrected chi connectivity index (χ2v) is 5.11. The summed E-state index contributed by atoms with van der Waals surface area (Å²) in [6.45, 7) is 2.99. The molecule has 3 nitrogen and oxygen atoms in total. The lowest BCUT2D eigenvalue weighted by Crippen LogP contribution is -1.98. The molecule has 0 fully saturated rings. The summed E-state index contributed by atoms with van der Waals surface area (Å²) in [5, 5.41) is 8.03. The monoisotopic (exact) mass is 311 g/mol. The maximum atomic E-state index is 13.7. The molecule has 0 atom stereocenters. The van der Waals surface area contributed by atoms with Crippen LogP contribution in [0.3, 0.4) is 0 Å². The van der Waals surface area contributed by atoms with Crippen molar-refractivity contribution in [3.8, 4) is 11.3 Å². The first-order valence-electron chi connectivity index (χ1n) is 6.06. The third-order valence-electron chi connectivity index (χ3n) is 2.74. The van der Waals surface area contributed by atoms with Crippen molar-refractivity contribution in [3.63, 3.8) is 0 Å². The summed E-state index contributed by atoms with van der Waals surface area (Å²) in [5.74, 6) is -0.287. The minimum absolute atomic E-state index is 0.287. The van der Waals surface area contributed by atoms with Crippen LogP contribution in [0.1, 0.15) is 26.2 Å². The number of nitrogens with zero attached hydrogens (tertiary/aromatic N) is 3. The molecule has 0 spiro atoms. The van der Waals surface area contributed by atoms with Crippen molar-refractivity contribution in [2.24, 2.45) is 0 Å². The van der Waals surface area contributed by atoms with Crippen LogP contribution >= 0.6 is 15.9 Å². The summed E-state index contributed by atoms with van der Waals surface area (Å²) >= 11 is 3.23. The first kappa shape index (κ1) is 13.2. The fourth-order valence-electron chi connectivity index (χ4n) is 1.75. The minimum atomic E-state index is -0.287. The summed E-state index contributed by atoms with van der Waals surface area (Å²) < 4.78 is 16.2. The Morgan fingerprint density at radius 2 is 2.17 bits per heavy atom. The molecule has 1 heterocycles. The van der Waals surface area contributed by atoms with Crippen molar-refractivity contribution in [2.45, 2.75) is 32.7 Å². The fourth-order valence-corrected chi connectivity index (χ4v) is 2.09. The van der Waals surface area contributed by atoms with Crippen LogP contribution in [0, 0.1) is 5.82 Å². The molecule has 0 saturated carbocycles. The molecule has 0 amide bonds. The van der Waals surface area contributed by atoms with Gasteiger partial charge in [0.05, 0.1) is 6.20 Å². The zero-order valence-electron chi connectivity index (χ0n) is 10.2. The molecule has 0 unspecified atom stereocenters. The first-order chi connectivity index (χ1) is 8.70. The van der Waals surface area contributed by atoms with Crippen molar-refractivity contribution < 1.29 is 4.39 Å². The molecule has 1 aromatic heterocycles. The van der Waals surface area contributed by atoms with E-state index in [1.54, 1.807) is 23.0 Å². The Labute approximate surface area is 114 Å². The van der Waals surface area contributed by atoms with Gasteiger partial charge in [0.25, 0.3) is 0 Å². The van der Waals surface area contributed by atoms with Gasteiger partial charge in [-0.05, 0) is 24.6 Å². The first-order valence-corrected chi connectivity index (χ1v) is 6.85. The topological polar surface area (TPSA) is 30.7 Å². The number of benzene rings is 1. The average Bonchev–Trinajstić information content (AvgIpc) is 2.78. The van der Waals surface area contributed by atoms with Crippen molar-refractivity contribution in [2.75, 3.05) is 0 Å². The van der Waals surface area contributed by atoms with E-state index in [-0.39, 0.29) is 5.82 Å². The maximum absolute atomic E-state index is 13.7. The van der Waals surface area contributed by atoms with E-state index in [4.69, 9.17) is 0 Å². The molecule has 2 rings (SSSR count). The van der Waals surface area contributed by atoms with Gasteiger partial charge in [0.2, 0.25) is 0 Å². The lowest BCUT2D eigenvalue weighted by Gasteiger charge is -1.99. The SMILES string of the molecule is CCCCCn1cc(-c2ccc(Br)cc2F)nn1. The quantitative estimate of drug-likeness (QED) is 0.780. The summed E-state index contributed by atoms with van der Waals surface area (Å²) in [4.78, 5) is 0. The molecule has 0 saturated heterocycles. The predicted molar refractivity (Wildman–Crippen MR) is 72.6 cm³/mol. The second kappa shape index (κ2) is 6.09. The van der Waals surface area contributed by atoms with E-state index in [1.807, 2.05) is 0 Å². The van der Waals surface area contributed by atoms with E-state index in [1.165, 1.54) is 18.9 Å². The van der Waals surface area contributed by atoms with Gasteiger partial charge in [-0.15, -0.1) is 5.10 Å². The van der Waals surface area contributed by atoms with Gasteiger partial charge in [-0.2, -0.15) is 0 Å². The van der Waals surface area contributed by atoms with E-state index in [0.29, 0.717) is 11.3 Å². The number of hydrogen-bond donors (Lipinski definition) is 0. The Balaban J connectivity index is 2.13. The van der Waals surface area contributed by atoms with Gasteiger partial charge in [0.1, 0.15) is 11.5 Å². The summed E-state index contributed by atoms with van der Waals surface area (Å²) in [7, 11) is 0. The molecular weight excluding hydrogens is 297 g/mol. The van der Waals surface area contributed by atoms with Crippen LogP contribution in [0.25, 0.3) is 11.3 Å². The van der Waals surface area contributed by atoms with Crippen LogP contribution in [-0.2, 0) is 6.54 Å². The standard InChI is InChI=1S/C13H15BrFN3/c1-2-3-4-7-18-9-13(16-17-18)11-6-5-10(14)8-12(11)15/h5-6,8-9H,2-4,7H2,1H3. The molecule has 18 heavy (non-hydrogen) atoms. The molecule has 96 valence electrons.